The van der Waals surface area contributed by atoms with Crippen molar-refractivity contribution in [2.45, 2.75) is 25.8 Å². The summed E-state index contributed by atoms with van der Waals surface area (Å²) in [7, 11) is 0. The van der Waals surface area contributed by atoms with E-state index in [0.29, 0.717) is 17.6 Å². The van der Waals surface area contributed by atoms with Crippen LogP contribution in [0.25, 0.3) is 0 Å². The third kappa shape index (κ3) is 3.39. The molecule has 0 aromatic heterocycles. The molecule has 0 bridgehead atoms. The number of phenols is 1. The van der Waals surface area contributed by atoms with E-state index in [4.69, 9.17) is 11.6 Å². The molecule has 1 aliphatic heterocycles. The third-order valence-electron chi connectivity index (χ3n) is 3.61. The minimum Gasteiger partial charge on any atom is -0.507 e. The Morgan fingerprint density at radius 1 is 1.58 bits per heavy atom. The fraction of sp³-hybridized carbons (Fsp3) is 0.500. The molecule has 1 atom stereocenters. The fourth-order valence-electron chi connectivity index (χ4n) is 2.55. The van der Waals surface area contributed by atoms with Crippen molar-refractivity contribution in [2.24, 2.45) is 0 Å². The number of benzene rings is 1. The second-order valence-electron chi connectivity index (χ2n) is 4.80. The first-order valence-corrected chi connectivity index (χ1v) is 7.00. The van der Waals surface area contributed by atoms with Gasteiger partial charge in [0.1, 0.15) is 5.75 Å². The molecule has 1 saturated heterocycles. The van der Waals surface area contributed by atoms with Crippen LogP contribution in [0.1, 0.15) is 30.1 Å². The van der Waals surface area contributed by atoms with Gasteiger partial charge < -0.3 is 10.4 Å². The van der Waals surface area contributed by atoms with Gasteiger partial charge in [0.2, 0.25) is 0 Å². The highest BCUT2D eigenvalue weighted by atomic mass is 35.5. The highest BCUT2D eigenvalue weighted by Crippen LogP contribution is 2.22. The number of carbonyl (C=O) groups excluding carboxylic acids is 1. The lowest BCUT2D eigenvalue weighted by Crippen LogP contribution is -2.40. The predicted octanol–water partition coefficient (Wildman–Crippen LogP) is 2.26. The summed E-state index contributed by atoms with van der Waals surface area (Å²) < 4.78 is 0. The number of likely N-dealkylation sites (tertiary alicyclic amines) is 1. The minimum atomic E-state index is -0.253. The maximum Gasteiger partial charge on any atom is 0.255 e. The van der Waals surface area contributed by atoms with Crippen molar-refractivity contribution < 1.29 is 9.90 Å². The Balaban J connectivity index is 1.94. The van der Waals surface area contributed by atoms with Gasteiger partial charge in [-0.2, -0.15) is 0 Å². The van der Waals surface area contributed by atoms with Gasteiger partial charge in [-0.1, -0.05) is 18.5 Å². The number of aromatic hydroxyl groups is 1. The van der Waals surface area contributed by atoms with E-state index in [9.17, 15) is 9.90 Å². The molecular weight excluding hydrogens is 264 g/mol. The molecule has 1 aromatic rings. The predicted molar refractivity (Wildman–Crippen MR) is 75.7 cm³/mol. The minimum absolute atomic E-state index is 0.0798. The van der Waals surface area contributed by atoms with Crippen LogP contribution in [0.3, 0.4) is 0 Å². The molecule has 1 fully saturated rings. The molecule has 2 N–H and O–H groups in total. The Labute approximate surface area is 118 Å². The van der Waals surface area contributed by atoms with Crippen LogP contribution in [0.15, 0.2) is 18.2 Å². The van der Waals surface area contributed by atoms with Crippen LogP contribution in [0.4, 0.5) is 0 Å². The summed E-state index contributed by atoms with van der Waals surface area (Å²) in [5.74, 6) is -0.333. The van der Waals surface area contributed by atoms with Crippen LogP contribution in [0.5, 0.6) is 5.75 Å². The summed E-state index contributed by atoms with van der Waals surface area (Å²) in [5, 5.41) is 13.0. The van der Waals surface area contributed by atoms with E-state index >= 15 is 0 Å². The molecule has 19 heavy (non-hydrogen) atoms. The van der Waals surface area contributed by atoms with Gasteiger partial charge in [-0.15, -0.1) is 0 Å². The van der Waals surface area contributed by atoms with E-state index in [-0.39, 0.29) is 17.2 Å². The monoisotopic (exact) mass is 282 g/mol. The lowest BCUT2D eigenvalue weighted by Gasteiger charge is -2.22. The lowest BCUT2D eigenvalue weighted by atomic mass is 10.1. The Kier molecular flexibility index (Phi) is 4.66. The molecule has 1 unspecified atom stereocenters. The van der Waals surface area contributed by atoms with E-state index in [1.165, 1.54) is 12.5 Å². The molecule has 1 heterocycles. The number of carbonyl (C=O) groups is 1. The number of nitrogens with one attached hydrogen (secondary N) is 1. The molecule has 1 amide bonds. The molecule has 0 radical (unpaired) electrons. The van der Waals surface area contributed by atoms with Gasteiger partial charge in [-0.25, -0.2) is 0 Å². The topological polar surface area (TPSA) is 52.6 Å². The maximum atomic E-state index is 12.0. The Hall–Kier alpha value is -1.26. The summed E-state index contributed by atoms with van der Waals surface area (Å²) in [6, 6.07) is 4.93. The van der Waals surface area contributed by atoms with Crippen LogP contribution in [0.2, 0.25) is 5.02 Å². The smallest absolute Gasteiger partial charge is 0.255 e. The van der Waals surface area contributed by atoms with E-state index in [1.54, 1.807) is 12.1 Å². The zero-order chi connectivity index (χ0) is 13.8. The van der Waals surface area contributed by atoms with Gasteiger partial charge in [-0.3, -0.25) is 9.69 Å². The lowest BCUT2D eigenvalue weighted by molar-refractivity contribution is 0.0938. The van der Waals surface area contributed by atoms with E-state index in [1.807, 2.05) is 0 Å². The molecule has 2 rings (SSSR count). The van der Waals surface area contributed by atoms with Crippen molar-refractivity contribution in [2.75, 3.05) is 19.6 Å². The molecule has 5 heteroatoms. The first kappa shape index (κ1) is 14.2. The highest BCUT2D eigenvalue weighted by Gasteiger charge is 2.23. The van der Waals surface area contributed by atoms with Crippen LogP contribution in [-0.2, 0) is 0 Å². The number of nitrogens with zero attached hydrogens (tertiary/aromatic N) is 1. The highest BCUT2D eigenvalue weighted by molar-refractivity contribution is 6.30. The fourth-order valence-corrected chi connectivity index (χ4v) is 2.71. The number of amides is 1. The first-order valence-electron chi connectivity index (χ1n) is 6.62. The number of hydrogen-bond acceptors (Lipinski definition) is 3. The Morgan fingerprint density at radius 3 is 3.05 bits per heavy atom. The van der Waals surface area contributed by atoms with E-state index in [2.05, 4.69) is 17.1 Å². The molecule has 0 aliphatic carbocycles. The van der Waals surface area contributed by atoms with Crippen molar-refractivity contribution >= 4 is 17.5 Å². The third-order valence-corrected chi connectivity index (χ3v) is 3.84. The summed E-state index contributed by atoms with van der Waals surface area (Å²) in [5.41, 5.74) is 0.269. The number of phenolic OH excluding ortho intramolecular Hbond substituents is 1. The van der Waals surface area contributed by atoms with Crippen molar-refractivity contribution in [3.05, 3.63) is 28.8 Å². The average Bonchev–Trinajstić information content (AvgIpc) is 2.83. The van der Waals surface area contributed by atoms with Gasteiger partial charge in [-0.05, 0) is 44.1 Å². The first-order chi connectivity index (χ1) is 9.11. The average molecular weight is 283 g/mol. The van der Waals surface area contributed by atoms with Crippen LogP contribution < -0.4 is 5.32 Å². The Bertz CT molecular complexity index is 465. The molecule has 0 spiro atoms. The van der Waals surface area contributed by atoms with Gasteiger partial charge >= 0.3 is 0 Å². The zero-order valence-corrected chi connectivity index (χ0v) is 11.8. The number of hydrogen-bond donors (Lipinski definition) is 2. The number of rotatable bonds is 4. The van der Waals surface area contributed by atoms with Crippen LogP contribution >= 0.6 is 11.6 Å². The van der Waals surface area contributed by atoms with Crippen LogP contribution in [0, 0.1) is 0 Å². The van der Waals surface area contributed by atoms with Crippen LogP contribution in [-0.4, -0.2) is 41.6 Å². The molecule has 4 nitrogen and oxygen atoms in total. The van der Waals surface area contributed by atoms with Crippen molar-refractivity contribution in [3.8, 4) is 5.75 Å². The largest absolute Gasteiger partial charge is 0.507 e. The van der Waals surface area contributed by atoms with Gasteiger partial charge in [0.15, 0.2) is 0 Å². The standard InChI is InChI=1S/C14H19ClN2O2/c1-2-17-7-3-4-11(17)9-16-14(19)12-6-5-10(15)8-13(12)18/h5-6,8,11,18H,2-4,7,9H2,1H3,(H,16,19). The van der Waals surface area contributed by atoms with E-state index < -0.39 is 0 Å². The second kappa shape index (κ2) is 6.26. The maximum absolute atomic E-state index is 12.0. The molecular formula is C14H19ClN2O2. The molecule has 1 aromatic carbocycles. The van der Waals surface area contributed by atoms with Crippen molar-refractivity contribution in [1.29, 1.82) is 0 Å². The second-order valence-corrected chi connectivity index (χ2v) is 5.23. The van der Waals surface area contributed by atoms with Gasteiger partial charge in [0, 0.05) is 17.6 Å². The SMILES string of the molecule is CCN1CCCC1CNC(=O)c1ccc(Cl)cc1O. The summed E-state index contributed by atoms with van der Waals surface area (Å²) in [6.45, 7) is 4.86. The number of halogens is 1. The van der Waals surface area contributed by atoms with Gasteiger partial charge in [0.05, 0.1) is 5.56 Å². The van der Waals surface area contributed by atoms with Crippen molar-refractivity contribution in [1.82, 2.24) is 10.2 Å². The van der Waals surface area contributed by atoms with Crippen molar-refractivity contribution in [3.63, 3.8) is 0 Å². The molecule has 0 saturated carbocycles. The summed E-state index contributed by atoms with van der Waals surface area (Å²) >= 11 is 5.74. The number of likely N-dealkylation sites (N-methyl/N-ethyl adjacent to an activating group) is 1. The van der Waals surface area contributed by atoms with Gasteiger partial charge in [0.25, 0.3) is 5.91 Å². The summed E-state index contributed by atoms with van der Waals surface area (Å²) in [4.78, 5) is 14.4. The van der Waals surface area contributed by atoms with E-state index in [0.717, 1.165) is 19.5 Å². The quantitative estimate of drug-likeness (QED) is 0.891. The molecule has 104 valence electrons. The molecule has 1 aliphatic rings. The Morgan fingerprint density at radius 2 is 2.37 bits per heavy atom. The summed E-state index contributed by atoms with van der Waals surface area (Å²) in [6.07, 6.45) is 2.29. The zero-order valence-electron chi connectivity index (χ0n) is 11.0. The normalized spacial score (nSPS) is 19.6.